The molecule has 0 aliphatic rings. The minimum absolute atomic E-state index is 0.407. The van der Waals surface area contributed by atoms with Gasteiger partial charge in [-0.25, -0.2) is 4.79 Å². The molecule has 1 aromatic carbocycles. The van der Waals surface area contributed by atoms with Crippen LogP contribution in [0.15, 0.2) is 39.7 Å². The number of nitrogens with one attached hydrogen (secondary N) is 2. The van der Waals surface area contributed by atoms with Gasteiger partial charge in [-0.15, -0.1) is 0 Å². The number of thioether (sulfide) groups is 2. The van der Waals surface area contributed by atoms with Crippen molar-refractivity contribution < 1.29 is 4.79 Å². The first-order valence-electron chi connectivity index (χ1n) is 5.95. The lowest BCUT2D eigenvalue weighted by Crippen LogP contribution is -2.23. The zero-order valence-electron chi connectivity index (χ0n) is 11.7. The number of aromatic nitrogens is 3. The summed E-state index contributed by atoms with van der Waals surface area (Å²) in [6.07, 6.45) is 3.76. The van der Waals surface area contributed by atoms with Gasteiger partial charge in [-0.1, -0.05) is 47.3 Å². The van der Waals surface area contributed by atoms with Gasteiger partial charge in [0, 0.05) is 11.9 Å². The number of rotatable bonds is 5. The molecular formula is C12H12ClN5OS3. The molecule has 0 unspecified atom stereocenters. The van der Waals surface area contributed by atoms with Gasteiger partial charge >= 0.3 is 6.03 Å². The Morgan fingerprint density at radius 3 is 2.23 bits per heavy atom. The molecule has 1 aromatic heterocycles. The van der Waals surface area contributed by atoms with E-state index in [1.165, 1.54) is 23.5 Å². The van der Waals surface area contributed by atoms with Gasteiger partial charge < -0.3 is 5.32 Å². The molecule has 0 aliphatic carbocycles. The van der Waals surface area contributed by atoms with Crippen molar-refractivity contribution >= 4 is 58.8 Å². The molecule has 2 amide bonds. The fourth-order valence-corrected chi connectivity index (χ4v) is 2.92. The molecule has 0 spiro atoms. The number of carbonyl (C=O) groups is 1. The van der Waals surface area contributed by atoms with Gasteiger partial charge in [-0.2, -0.15) is 15.0 Å². The standard InChI is InChI=1S/C12H12ClN5OS3/c1-20-10-15-11(21-2)17-12(16-10)22-18-9(19)14-8-6-4-3-5-7(8)13/h3-6H,1-2H3,(H2,14,18,19). The molecule has 2 aromatic rings. The molecule has 2 N–H and O–H groups in total. The van der Waals surface area contributed by atoms with E-state index in [4.69, 9.17) is 11.6 Å². The maximum atomic E-state index is 11.9. The SMILES string of the molecule is CSc1nc(SC)nc(SNC(=O)Nc2ccccc2Cl)n1. The van der Waals surface area contributed by atoms with Crippen LogP contribution in [-0.4, -0.2) is 33.5 Å². The lowest BCUT2D eigenvalue weighted by atomic mass is 10.3. The van der Waals surface area contributed by atoms with Gasteiger partial charge in [0.2, 0.25) is 5.16 Å². The number of benzene rings is 1. The van der Waals surface area contributed by atoms with Crippen molar-refractivity contribution in [2.24, 2.45) is 0 Å². The second-order valence-electron chi connectivity index (χ2n) is 3.73. The summed E-state index contributed by atoms with van der Waals surface area (Å²) in [6, 6.07) is 6.59. The molecule has 0 radical (unpaired) electrons. The second-order valence-corrected chi connectivity index (χ2v) is 6.46. The van der Waals surface area contributed by atoms with Crippen LogP contribution in [-0.2, 0) is 0 Å². The van der Waals surface area contributed by atoms with Crippen molar-refractivity contribution in [3.63, 3.8) is 0 Å². The van der Waals surface area contributed by atoms with E-state index >= 15 is 0 Å². The number of urea groups is 1. The fraction of sp³-hybridized carbons (Fsp3) is 0.167. The molecule has 0 bridgehead atoms. The van der Waals surface area contributed by atoms with Crippen LogP contribution in [0.1, 0.15) is 0 Å². The van der Waals surface area contributed by atoms with E-state index in [1.807, 2.05) is 12.5 Å². The fourth-order valence-electron chi connectivity index (χ4n) is 1.35. The topological polar surface area (TPSA) is 79.8 Å². The molecule has 0 saturated heterocycles. The second kappa shape index (κ2) is 8.47. The highest BCUT2D eigenvalue weighted by Gasteiger charge is 2.09. The number of halogens is 1. The number of carbonyl (C=O) groups excluding carboxylic acids is 1. The number of amides is 2. The average molecular weight is 374 g/mol. The Bertz CT molecular complexity index is 651. The van der Waals surface area contributed by atoms with Gasteiger partial charge in [0.25, 0.3) is 0 Å². The minimum Gasteiger partial charge on any atom is -0.306 e. The third-order valence-corrected chi connectivity index (χ3v) is 4.37. The smallest absolute Gasteiger partial charge is 0.306 e. The summed E-state index contributed by atoms with van der Waals surface area (Å²) in [5.41, 5.74) is 0.535. The molecule has 116 valence electrons. The van der Waals surface area contributed by atoms with E-state index in [1.54, 1.807) is 24.3 Å². The number of hydrogen-bond donors (Lipinski definition) is 2. The van der Waals surface area contributed by atoms with Crippen LogP contribution in [0.5, 0.6) is 0 Å². The molecular weight excluding hydrogens is 362 g/mol. The first-order chi connectivity index (χ1) is 10.6. The van der Waals surface area contributed by atoms with E-state index in [0.29, 0.717) is 26.2 Å². The van der Waals surface area contributed by atoms with E-state index in [-0.39, 0.29) is 0 Å². The molecule has 2 rings (SSSR count). The molecule has 22 heavy (non-hydrogen) atoms. The number of hydrogen-bond acceptors (Lipinski definition) is 7. The summed E-state index contributed by atoms with van der Waals surface area (Å²) in [5.74, 6) is 0. The van der Waals surface area contributed by atoms with Crippen LogP contribution in [0, 0.1) is 0 Å². The maximum Gasteiger partial charge on any atom is 0.329 e. The Hall–Kier alpha value is -1.16. The summed E-state index contributed by atoms with van der Waals surface area (Å²) in [7, 11) is 0. The highest BCUT2D eigenvalue weighted by molar-refractivity contribution is 7.99. The van der Waals surface area contributed by atoms with Crippen LogP contribution in [0.4, 0.5) is 10.5 Å². The van der Waals surface area contributed by atoms with Crippen molar-refractivity contribution in [1.29, 1.82) is 0 Å². The van der Waals surface area contributed by atoms with E-state index in [0.717, 1.165) is 11.9 Å². The Labute approximate surface area is 145 Å². The molecule has 0 saturated carbocycles. The molecule has 10 heteroatoms. The van der Waals surface area contributed by atoms with Gasteiger partial charge in [0.1, 0.15) is 0 Å². The Kier molecular flexibility index (Phi) is 6.62. The average Bonchev–Trinajstić information content (AvgIpc) is 2.54. The third kappa shape index (κ3) is 4.94. The zero-order valence-corrected chi connectivity index (χ0v) is 14.9. The summed E-state index contributed by atoms with van der Waals surface area (Å²) in [6.45, 7) is 0. The van der Waals surface area contributed by atoms with E-state index in [9.17, 15) is 4.79 Å². The molecule has 6 nitrogen and oxygen atoms in total. The number of anilines is 1. The number of para-hydroxylation sites is 1. The van der Waals surface area contributed by atoms with Crippen molar-refractivity contribution in [2.75, 3.05) is 17.8 Å². The maximum absolute atomic E-state index is 11.9. The first kappa shape index (κ1) is 17.2. The minimum atomic E-state index is -0.407. The highest BCUT2D eigenvalue weighted by atomic mass is 35.5. The van der Waals surface area contributed by atoms with Crippen LogP contribution < -0.4 is 10.0 Å². The van der Waals surface area contributed by atoms with Gasteiger partial charge in [0.05, 0.1) is 10.7 Å². The summed E-state index contributed by atoms with van der Waals surface area (Å²) in [4.78, 5) is 24.5. The predicted octanol–water partition coefficient (Wildman–Crippen LogP) is 3.80. The zero-order chi connectivity index (χ0) is 15.9. The Morgan fingerprint density at radius 2 is 1.64 bits per heavy atom. The van der Waals surface area contributed by atoms with E-state index < -0.39 is 6.03 Å². The summed E-state index contributed by atoms with van der Waals surface area (Å²) >= 11 is 9.83. The van der Waals surface area contributed by atoms with Gasteiger partial charge in [-0.05, 0) is 24.6 Å². The monoisotopic (exact) mass is 373 g/mol. The summed E-state index contributed by atoms with van der Waals surface area (Å²) < 4.78 is 2.61. The molecule has 0 aliphatic heterocycles. The van der Waals surface area contributed by atoms with Crippen LogP contribution in [0.25, 0.3) is 0 Å². The van der Waals surface area contributed by atoms with Gasteiger partial charge in [-0.3, -0.25) is 4.72 Å². The van der Waals surface area contributed by atoms with E-state index in [2.05, 4.69) is 25.0 Å². The Morgan fingerprint density at radius 1 is 1.05 bits per heavy atom. The quantitative estimate of drug-likeness (QED) is 0.609. The largest absolute Gasteiger partial charge is 0.329 e. The predicted molar refractivity (Wildman–Crippen MR) is 92.9 cm³/mol. The van der Waals surface area contributed by atoms with Crippen LogP contribution in [0.3, 0.4) is 0 Å². The number of nitrogens with zero attached hydrogens (tertiary/aromatic N) is 3. The molecule has 0 fully saturated rings. The lowest BCUT2D eigenvalue weighted by molar-refractivity contribution is 0.257. The van der Waals surface area contributed by atoms with Gasteiger partial charge in [0.15, 0.2) is 10.3 Å². The van der Waals surface area contributed by atoms with Crippen molar-refractivity contribution in [3.05, 3.63) is 29.3 Å². The van der Waals surface area contributed by atoms with Crippen molar-refractivity contribution in [2.45, 2.75) is 15.5 Å². The molecule has 0 atom stereocenters. The van der Waals surface area contributed by atoms with Crippen LogP contribution in [0.2, 0.25) is 5.02 Å². The lowest BCUT2D eigenvalue weighted by Gasteiger charge is -2.08. The van der Waals surface area contributed by atoms with Crippen molar-refractivity contribution in [1.82, 2.24) is 19.7 Å². The molecule has 1 heterocycles. The highest BCUT2D eigenvalue weighted by Crippen LogP contribution is 2.21. The first-order valence-corrected chi connectivity index (χ1v) is 9.59. The van der Waals surface area contributed by atoms with Crippen molar-refractivity contribution in [3.8, 4) is 0 Å². The normalized spacial score (nSPS) is 10.3. The van der Waals surface area contributed by atoms with Crippen LogP contribution >= 0.6 is 47.1 Å². The third-order valence-electron chi connectivity index (χ3n) is 2.30. The summed E-state index contributed by atoms with van der Waals surface area (Å²) in [5, 5.41) is 4.76. The Balaban J connectivity index is 1.98.